The Morgan fingerprint density at radius 1 is 0.873 bits per heavy atom. The second kappa shape index (κ2) is 16.8. The lowest BCUT2D eigenvalue weighted by Gasteiger charge is -2.41. The quantitative estimate of drug-likeness (QED) is 0.0354. The molecule has 63 heavy (non-hydrogen) atoms. The number of azide groups is 1. The second-order valence-corrected chi connectivity index (χ2v) is 21.2. The van der Waals surface area contributed by atoms with Gasteiger partial charge >= 0.3 is 0 Å². The van der Waals surface area contributed by atoms with Crippen LogP contribution in [0.25, 0.3) is 27.2 Å². The van der Waals surface area contributed by atoms with Crippen LogP contribution in [0.3, 0.4) is 0 Å². The van der Waals surface area contributed by atoms with E-state index in [0.717, 1.165) is 4.90 Å². The average Bonchev–Trinajstić information content (AvgIpc) is 3.16. The number of nitrogens with one attached hydrogen (secondary N) is 1. The molecule has 0 aliphatic carbocycles. The average molecular weight is 927 g/mol. The molecule has 0 radical (unpaired) electrons. The number of rotatable bonds is 14. The van der Waals surface area contributed by atoms with Crippen molar-refractivity contribution in [3.8, 4) is 11.5 Å². The number of benzene rings is 3. The lowest BCUT2D eigenvalue weighted by atomic mass is 9.83. The topological polar surface area (TPSA) is 277 Å². The van der Waals surface area contributed by atoms with Crippen LogP contribution in [0, 0.1) is 0 Å². The second-order valence-electron chi connectivity index (χ2n) is 16.8. The van der Waals surface area contributed by atoms with Gasteiger partial charge in [0.1, 0.15) is 30.1 Å². The van der Waals surface area contributed by atoms with Gasteiger partial charge in [-0.05, 0) is 72.9 Å². The number of carbonyl (C=O) groups excluding carboxylic acids is 2. The third kappa shape index (κ3) is 10.1. The lowest BCUT2D eigenvalue weighted by molar-refractivity contribution is 0.0802. The molecular formula is C41H48N7O12S3+. The van der Waals surface area contributed by atoms with Crippen LogP contribution >= 0.6 is 0 Å². The third-order valence-corrected chi connectivity index (χ3v) is 13.5. The van der Waals surface area contributed by atoms with Crippen LogP contribution in [-0.4, -0.2) is 125 Å². The summed E-state index contributed by atoms with van der Waals surface area (Å²) >= 11 is 0. The molecule has 4 N–H and O–H groups in total. The van der Waals surface area contributed by atoms with Crippen LogP contribution in [-0.2, 0) is 30.4 Å². The van der Waals surface area contributed by atoms with Crippen molar-refractivity contribution in [1.29, 1.82) is 0 Å². The van der Waals surface area contributed by atoms with E-state index in [2.05, 4.69) is 15.3 Å². The van der Waals surface area contributed by atoms with Gasteiger partial charge in [0.05, 0.1) is 22.9 Å². The van der Waals surface area contributed by atoms with Gasteiger partial charge in [0.2, 0.25) is 5.36 Å². The maximum atomic E-state index is 14.6. The fraction of sp³-hybridized carbons (Fsp3) is 0.390. The summed E-state index contributed by atoms with van der Waals surface area (Å²) in [5, 5.41) is 7.05. The van der Waals surface area contributed by atoms with Crippen LogP contribution in [0.2, 0.25) is 0 Å². The molecule has 0 saturated carbocycles. The first-order valence-electron chi connectivity index (χ1n) is 19.5. The number of nitrogens with zero attached hydrogens (tertiary/aromatic N) is 6. The molecule has 0 fully saturated rings. The Bertz CT molecular complexity index is 3060. The Labute approximate surface area is 364 Å². The first-order chi connectivity index (χ1) is 29.1. The van der Waals surface area contributed by atoms with E-state index in [-0.39, 0.29) is 52.4 Å². The zero-order valence-electron chi connectivity index (χ0n) is 35.6. The fourth-order valence-corrected chi connectivity index (χ4v) is 9.68. The molecule has 6 rings (SSSR count). The van der Waals surface area contributed by atoms with E-state index in [9.17, 15) is 48.5 Å². The monoisotopic (exact) mass is 926 g/mol. The number of hydrogen-bond donors (Lipinski definition) is 4. The van der Waals surface area contributed by atoms with Crippen molar-refractivity contribution < 1.29 is 53.2 Å². The normalized spacial score (nSPS) is 16.3. The molecular weight excluding hydrogens is 879 g/mol. The van der Waals surface area contributed by atoms with Crippen molar-refractivity contribution in [2.24, 2.45) is 5.11 Å². The van der Waals surface area contributed by atoms with E-state index in [4.69, 9.17) is 10.3 Å². The SMILES string of the molecule is CN(CCS(=O)(=O)O)C(=O)c1cc(C(=O)NCCCN=[N+]=[N-])ccc1C1=c2cc3c(cc2Oc2cc4c(cc21)C(CS(=O)(=O)O)=CC(C)(C)N4C)=[N+](C)C(C)(C)C=C3CS(=O)(=O)O. The number of fused-ring (bicyclic) bond motifs is 4. The van der Waals surface area contributed by atoms with Crippen molar-refractivity contribution in [3.05, 3.63) is 109 Å². The summed E-state index contributed by atoms with van der Waals surface area (Å²) in [5.41, 5.74) is 9.78. The molecule has 0 atom stereocenters. The maximum absolute atomic E-state index is 14.6. The van der Waals surface area contributed by atoms with Crippen LogP contribution < -0.4 is 30.1 Å². The molecule has 0 saturated heterocycles. The van der Waals surface area contributed by atoms with Gasteiger partial charge in [0, 0.05) is 97.3 Å². The highest BCUT2D eigenvalue weighted by Gasteiger charge is 2.38. The minimum absolute atomic E-state index is 0.0301. The zero-order chi connectivity index (χ0) is 46.6. The minimum Gasteiger partial charge on any atom is -0.456 e. The summed E-state index contributed by atoms with van der Waals surface area (Å²) in [6.45, 7) is 7.25. The van der Waals surface area contributed by atoms with E-state index in [0.29, 0.717) is 44.9 Å². The summed E-state index contributed by atoms with van der Waals surface area (Å²) in [6, 6.07) is 11.0. The van der Waals surface area contributed by atoms with Gasteiger partial charge in [-0.1, -0.05) is 17.3 Å². The van der Waals surface area contributed by atoms with E-state index in [1.54, 1.807) is 36.4 Å². The van der Waals surface area contributed by atoms with Crippen molar-refractivity contribution in [2.45, 2.75) is 45.2 Å². The van der Waals surface area contributed by atoms with Crippen LogP contribution in [0.15, 0.2) is 59.7 Å². The Balaban J connectivity index is 1.72. The highest BCUT2D eigenvalue weighted by atomic mass is 32.2. The van der Waals surface area contributed by atoms with Gasteiger partial charge in [-0.3, -0.25) is 23.2 Å². The van der Waals surface area contributed by atoms with Crippen LogP contribution in [0.1, 0.15) is 77.1 Å². The smallest absolute Gasteiger partial charge is 0.269 e. The van der Waals surface area contributed by atoms with Crippen molar-refractivity contribution in [1.82, 2.24) is 14.8 Å². The Morgan fingerprint density at radius 3 is 2.14 bits per heavy atom. The van der Waals surface area contributed by atoms with E-state index in [1.807, 2.05) is 51.3 Å². The molecule has 3 heterocycles. The summed E-state index contributed by atoms with van der Waals surface area (Å²) in [6.07, 6.45) is 3.75. The minimum atomic E-state index is -4.56. The molecule has 19 nitrogen and oxygen atoms in total. The molecule has 3 aliphatic rings. The molecule has 0 aromatic heterocycles. The summed E-state index contributed by atoms with van der Waals surface area (Å²) in [7, 11) is -8.70. The highest BCUT2D eigenvalue weighted by molar-refractivity contribution is 7.86. The van der Waals surface area contributed by atoms with Crippen LogP contribution in [0.4, 0.5) is 5.69 Å². The van der Waals surface area contributed by atoms with Gasteiger partial charge in [-0.15, -0.1) is 0 Å². The predicted molar refractivity (Wildman–Crippen MR) is 237 cm³/mol. The van der Waals surface area contributed by atoms with Crippen molar-refractivity contribution in [2.75, 3.05) is 62.9 Å². The molecule has 336 valence electrons. The van der Waals surface area contributed by atoms with E-state index < -0.39 is 77.0 Å². The predicted octanol–water partition coefficient (Wildman–Crippen LogP) is 3.11. The van der Waals surface area contributed by atoms with Gasteiger partial charge in [-0.25, -0.2) is 4.58 Å². The lowest BCUT2D eigenvalue weighted by Crippen LogP contribution is -2.47. The van der Waals surface area contributed by atoms with Crippen LogP contribution in [0.5, 0.6) is 11.5 Å². The summed E-state index contributed by atoms with van der Waals surface area (Å²) in [5.74, 6) is -3.10. The van der Waals surface area contributed by atoms with Gasteiger partial charge in [0.15, 0.2) is 5.54 Å². The number of ether oxygens (including phenoxy) is 1. The Morgan fingerprint density at radius 2 is 1.52 bits per heavy atom. The third-order valence-electron chi connectivity index (χ3n) is 11.4. The number of likely N-dealkylation sites (N-methyl/N-ethyl adjacent to an activating group) is 2. The van der Waals surface area contributed by atoms with Crippen molar-refractivity contribution in [3.63, 3.8) is 0 Å². The number of carbonyl (C=O) groups is 2. The standard InChI is InChI=1S/C41H47N7O12S3/c1-40(2)20-25(22-62(54,55)56)28-16-31-35(18-33(28)47(40)6)60-36-19-34-29(26(23-63(57,58)59)21-41(3,4)48(34)7)17-32(36)37(31)27-10-9-24(38(49)43-11-8-12-44-45-42)15-30(27)39(50)46(5)13-14-61(51,52)53/h9-10,15-21H,8,11-14,22-23H2,1-7H3,(H3-,43,49,51,52,53,54,55,56,57,58,59)/p+1. The van der Waals surface area contributed by atoms with Gasteiger partial charge < -0.3 is 19.9 Å². The first kappa shape index (κ1) is 46.9. The molecule has 3 aromatic carbocycles. The fourth-order valence-electron chi connectivity index (χ4n) is 7.91. The van der Waals surface area contributed by atoms with E-state index in [1.165, 1.54) is 25.2 Å². The largest absolute Gasteiger partial charge is 0.456 e. The molecule has 2 amide bonds. The number of anilines is 1. The maximum Gasteiger partial charge on any atom is 0.269 e. The molecule has 0 bridgehead atoms. The molecule has 22 heteroatoms. The van der Waals surface area contributed by atoms with E-state index >= 15 is 0 Å². The van der Waals surface area contributed by atoms with Gasteiger partial charge in [-0.2, -0.15) is 25.3 Å². The van der Waals surface area contributed by atoms with Crippen molar-refractivity contribution >= 4 is 64.6 Å². The molecule has 3 aliphatic heterocycles. The number of hydrogen-bond acceptors (Lipinski definition) is 11. The number of amides is 2. The first-order valence-corrected chi connectivity index (χ1v) is 24.3. The zero-order valence-corrected chi connectivity index (χ0v) is 38.0. The molecule has 3 aromatic rings. The summed E-state index contributed by atoms with van der Waals surface area (Å²) in [4.78, 5) is 33.8. The Kier molecular flexibility index (Phi) is 12.5. The molecule has 0 unspecified atom stereocenters. The van der Waals surface area contributed by atoms with Gasteiger partial charge in [0.25, 0.3) is 42.2 Å². The summed E-state index contributed by atoms with van der Waals surface area (Å²) < 4.78 is 112. The Hall–Kier alpha value is -5.61. The highest BCUT2D eigenvalue weighted by Crippen LogP contribution is 2.47. The molecule has 0 spiro atoms.